The Morgan fingerprint density at radius 1 is 1.17 bits per heavy atom. The van der Waals surface area contributed by atoms with Crippen molar-refractivity contribution >= 4 is 29.4 Å². The minimum atomic E-state index is 0.283. The summed E-state index contributed by atoms with van der Waals surface area (Å²) in [6, 6.07) is 13.3. The van der Waals surface area contributed by atoms with Crippen LogP contribution >= 0.6 is 11.3 Å². The van der Waals surface area contributed by atoms with Crippen molar-refractivity contribution in [2.75, 3.05) is 0 Å². The monoisotopic (exact) mass is 251 g/mol. The lowest BCUT2D eigenvalue weighted by Crippen LogP contribution is -1.80. The van der Waals surface area contributed by atoms with Crippen LogP contribution in [0.3, 0.4) is 0 Å². The number of aromatic nitrogens is 1. The molecular weight excluding hydrogens is 241 g/mol. The van der Waals surface area contributed by atoms with Crippen molar-refractivity contribution in [3.8, 4) is 16.9 Å². The number of fused-ring (bicyclic) bond motifs is 1. The highest BCUT2D eigenvalue weighted by atomic mass is 32.1. The van der Waals surface area contributed by atoms with E-state index in [2.05, 4.69) is 4.98 Å². The number of phenols is 1. The number of nitrogens with zero attached hydrogens (tertiary/aromatic N) is 1. The van der Waals surface area contributed by atoms with Gasteiger partial charge in [0, 0.05) is 5.56 Å². The van der Waals surface area contributed by atoms with Crippen molar-refractivity contribution in [2.45, 2.75) is 6.32 Å². The van der Waals surface area contributed by atoms with Gasteiger partial charge in [-0.1, -0.05) is 24.3 Å². The van der Waals surface area contributed by atoms with Crippen LogP contribution in [0.2, 0.25) is 0 Å². The summed E-state index contributed by atoms with van der Waals surface area (Å²) in [7, 11) is 5.59. The summed E-state index contributed by atoms with van der Waals surface area (Å²) in [5.41, 5.74) is 2.72. The highest BCUT2D eigenvalue weighted by Crippen LogP contribution is 2.32. The molecule has 1 aromatic heterocycles. The topological polar surface area (TPSA) is 33.1 Å². The number of aromatic hydroxyl groups is 1. The summed E-state index contributed by atoms with van der Waals surface area (Å²) in [6.07, 6.45) is 0.464. The molecule has 0 atom stereocenters. The van der Waals surface area contributed by atoms with Crippen molar-refractivity contribution in [3.63, 3.8) is 0 Å². The zero-order chi connectivity index (χ0) is 12.5. The van der Waals surface area contributed by atoms with Gasteiger partial charge in [-0.25, -0.2) is 4.98 Å². The molecule has 0 saturated heterocycles. The van der Waals surface area contributed by atoms with Gasteiger partial charge < -0.3 is 5.11 Å². The second kappa shape index (κ2) is 4.46. The van der Waals surface area contributed by atoms with Crippen LogP contribution < -0.4 is 0 Å². The third-order valence-corrected chi connectivity index (χ3v) is 3.88. The number of benzene rings is 2. The van der Waals surface area contributed by atoms with Crippen LogP contribution in [-0.4, -0.2) is 17.9 Å². The summed E-state index contributed by atoms with van der Waals surface area (Å²) in [5.74, 6) is 0.283. The Balaban J connectivity index is 2.16. The number of para-hydroxylation sites is 1. The molecule has 0 aliphatic rings. The second-order valence-corrected chi connectivity index (χ2v) is 5.13. The fraction of sp³-hybridized carbons (Fsp3) is 0.0714. The molecule has 0 aliphatic carbocycles. The first-order valence-corrected chi connectivity index (χ1v) is 6.47. The Morgan fingerprint density at radius 2 is 2.00 bits per heavy atom. The fourth-order valence-electron chi connectivity index (χ4n) is 1.95. The van der Waals surface area contributed by atoms with Crippen LogP contribution in [0.4, 0.5) is 0 Å². The molecule has 0 bridgehead atoms. The predicted octanol–water partition coefficient (Wildman–Crippen LogP) is 3.34. The molecule has 0 amide bonds. The van der Waals surface area contributed by atoms with Gasteiger partial charge in [0.15, 0.2) is 0 Å². The summed E-state index contributed by atoms with van der Waals surface area (Å²) in [5, 5.41) is 10.8. The van der Waals surface area contributed by atoms with Crippen molar-refractivity contribution in [1.82, 2.24) is 4.98 Å². The molecule has 0 spiro atoms. The van der Waals surface area contributed by atoms with Crippen molar-refractivity contribution in [3.05, 3.63) is 47.5 Å². The van der Waals surface area contributed by atoms with E-state index in [-0.39, 0.29) is 5.75 Å². The third kappa shape index (κ3) is 1.89. The van der Waals surface area contributed by atoms with Crippen LogP contribution in [0.1, 0.15) is 5.01 Å². The highest BCUT2D eigenvalue weighted by Gasteiger charge is 2.07. The molecule has 1 N–H and O–H groups in total. The maximum absolute atomic E-state index is 9.85. The normalized spacial score (nSPS) is 10.9. The van der Waals surface area contributed by atoms with Crippen LogP contribution in [0.15, 0.2) is 42.5 Å². The minimum absolute atomic E-state index is 0.283. The first-order valence-electron chi connectivity index (χ1n) is 5.66. The van der Waals surface area contributed by atoms with E-state index in [9.17, 15) is 5.11 Å². The molecule has 0 unspecified atom stereocenters. The maximum atomic E-state index is 9.85. The number of phenolic OH excluding ortho intramolecular Hbond substituents is 1. The minimum Gasteiger partial charge on any atom is -0.507 e. The van der Waals surface area contributed by atoms with E-state index in [0.29, 0.717) is 6.32 Å². The van der Waals surface area contributed by atoms with Gasteiger partial charge in [-0.05, 0) is 30.1 Å². The SMILES string of the molecule is [B]Cc1nc2cc(-c3ccccc3O)ccc2s1. The van der Waals surface area contributed by atoms with Crippen LogP contribution in [0.25, 0.3) is 21.3 Å². The smallest absolute Gasteiger partial charge is 0.123 e. The molecule has 3 rings (SSSR count). The van der Waals surface area contributed by atoms with Gasteiger partial charge in [0.2, 0.25) is 0 Å². The quantitative estimate of drug-likeness (QED) is 0.708. The van der Waals surface area contributed by atoms with Crippen molar-refractivity contribution in [1.29, 1.82) is 0 Å². The second-order valence-electron chi connectivity index (χ2n) is 4.01. The Kier molecular flexibility index (Phi) is 2.80. The lowest BCUT2D eigenvalue weighted by Gasteiger charge is -2.03. The molecule has 2 nitrogen and oxygen atoms in total. The zero-order valence-electron chi connectivity index (χ0n) is 9.63. The Hall–Kier alpha value is -1.81. The number of thiazole rings is 1. The Morgan fingerprint density at radius 3 is 2.78 bits per heavy atom. The van der Waals surface area contributed by atoms with Gasteiger partial charge >= 0.3 is 0 Å². The molecule has 0 saturated carbocycles. The molecule has 3 aromatic rings. The molecule has 4 heteroatoms. The first kappa shape index (κ1) is 11.3. The molecule has 2 radical (unpaired) electrons. The van der Waals surface area contributed by atoms with E-state index in [0.717, 1.165) is 26.4 Å². The lowest BCUT2D eigenvalue weighted by atomic mass is 10.0. The van der Waals surface area contributed by atoms with Gasteiger partial charge in [0.1, 0.15) is 5.75 Å². The van der Waals surface area contributed by atoms with Crippen LogP contribution in [-0.2, 0) is 6.32 Å². The van der Waals surface area contributed by atoms with Gasteiger partial charge in [-0.15, -0.1) is 11.3 Å². The van der Waals surface area contributed by atoms with E-state index < -0.39 is 0 Å². The number of rotatable bonds is 2. The molecule has 86 valence electrons. The van der Waals surface area contributed by atoms with Crippen molar-refractivity contribution in [2.24, 2.45) is 0 Å². The van der Waals surface area contributed by atoms with Crippen molar-refractivity contribution < 1.29 is 5.11 Å². The molecular formula is C14H10BNOS. The average molecular weight is 251 g/mol. The number of hydrogen-bond donors (Lipinski definition) is 1. The standard InChI is InChI=1S/C14H10BNOS/c15-8-14-16-11-7-9(5-6-13(11)18-14)10-3-1-2-4-12(10)17/h1-7,17H,8H2. The van der Waals surface area contributed by atoms with E-state index in [1.54, 1.807) is 17.4 Å². The van der Waals surface area contributed by atoms with Gasteiger partial charge in [-0.2, -0.15) is 0 Å². The summed E-state index contributed by atoms with van der Waals surface area (Å²) < 4.78 is 1.12. The van der Waals surface area contributed by atoms with E-state index in [1.165, 1.54) is 0 Å². The largest absolute Gasteiger partial charge is 0.507 e. The average Bonchev–Trinajstić information content (AvgIpc) is 2.81. The summed E-state index contributed by atoms with van der Waals surface area (Å²) >= 11 is 1.61. The maximum Gasteiger partial charge on any atom is 0.123 e. The van der Waals surface area contributed by atoms with Gasteiger partial charge in [0.05, 0.1) is 23.1 Å². The summed E-state index contributed by atoms with van der Waals surface area (Å²) in [4.78, 5) is 4.46. The van der Waals surface area contributed by atoms with Crippen LogP contribution in [0, 0.1) is 0 Å². The van der Waals surface area contributed by atoms with Gasteiger partial charge in [-0.3, -0.25) is 0 Å². The van der Waals surface area contributed by atoms with E-state index in [1.807, 2.05) is 36.4 Å². The lowest BCUT2D eigenvalue weighted by molar-refractivity contribution is 0.477. The Labute approximate surface area is 110 Å². The summed E-state index contributed by atoms with van der Waals surface area (Å²) in [6.45, 7) is 0. The zero-order valence-corrected chi connectivity index (χ0v) is 10.4. The fourth-order valence-corrected chi connectivity index (χ4v) is 2.77. The number of hydrogen-bond acceptors (Lipinski definition) is 3. The highest BCUT2D eigenvalue weighted by molar-refractivity contribution is 7.18. The molecule has 1 heterocycles. The third-order valence-electron chi connectivity index (χ3n) is 2.82. The first-order chi connectivity index (χ1) is 8.78. The predicted molar refractivity (Wildman–Crippen MR) is 76.2 cm³/mol. The van der Waals surface area contributed by atoms with Crippen LogP contribution in [0.5, 0.6) is 5.75 Å². The molecule has 18 heavy (non-hydrogen) atoms. The molecule has 0 fully saturated rings. The van der Waals surface area contributed by atoms with E-state index >= 15 is 0 Å². The van der Waals surface area contributed by atoms with E-state index in [4.69, 9.17) is 7.85 Å². The Bertz CT molecular complexity index is 708. The van der Waals surface area contributed by atoms with Gasteiger partial charge in [0.25, 0.3) is 0 Å². The molecule has 2 aromatic carbocycles. The molecule has 0 aliphatic heterocycles.